The van der Waals surface area contributed by atoms with E-state index in [0.717, 1.165) is 12.1 Å². The van der Waals surface area contributed by atoms with Crippen molar-refractivity contribution in [2.24, 2.45) is 0 Å². The van der Waals surface area contributed by atoms with Gasteiger partial charge in [-0.3, -0.25) is 10.1 Å². The number of carbonyl (C=O) groups excluding carboxylic acids is 1. The lowest BCUT2D eigenvalue weighted by atomic mass is 10.3. The van der Waals surface area contributed by atoms with Crippen LogP contribution in [0.25, 0.3) is 0 Å². The van der Waals surface area contributed by atoms with Crippen LogP contribution >= 0.6 is 15.9 Å². The molecule has 0 fully saturated rings. The summed E-state index contributed by atoms with van der Waals surface area (Å²) in [4.78, 5) is 21.4. The highest BCUT2D eigenvalue weighted by molar-refractivity contribution is 9.10. The summed E-state index contributed by atoms with van der Waals surface area (Å²) in [5, 5.41) is 10.8. The lowest BCUT2D eigenvalue weighted by Gasteiger charge is -2.10. The van der Waals surface area contributed by atoms with Crippen LogP contribution in [-0.2, 0) is 9.53 Å². The van der Waals surface area contributed by atoms with Gasteiger partial charge in [-0.1, -0.05) is 6.58 Å². The molecular formula is C12H11BrFNO5. The standard InChI is InChI=1S/C12H11BrFNO5/c1-3-19-12(16)7(2)6-20-11-9(13)4-8(14)5-10(11)15(17)18/h4-5H,2-3,6H2,1H3. The molecule has 8 heteroatoms. The summed E-state index contributed by atoms with van der Waals surface area (Å²) in [5.41, 5.74) is -0.550. The van der Waals surface area contributed by atoms with Gasteiger partial charge in [0, 0.05) is 0 Å². The number of nitro groups is 1. The van der Waals surface area contributed by atoms with Crippen molar-refractivity contribution in [3.63, 3.8) is 0 Å². The first-order valence-corrected chi connectivity index (χ1v) is 6.27. The average molecular weight is 348 g/mol. The fourth-order valence-electron chi connectivity index (χ4n) is 1.28. The lowest BCUT2D eigenvalue weighted by molar-refractivity contribution is -0.386. The molecule has 0 amide bonds. The van der Waals surface area contributed by atoms with Crippen molar-refractivity contribution in [3.05, 3.63) is 44.7 Å². The molecule has 1 aromatic carbocycles. The minimum Gasteiger partial charge on any atom is -0.481 e. The van der Waals surface area contributed by atoms with Gasteiger partial charge in [0.15, 0.2) is 0 Å². The van der Waals surface area contributed by atoms with Gasteiger partial charge in [-0.05, 0) is 28.9 Å². The Balaban J connectivity index is 2.90. The van der Waals surface area contributed by atoms with E-state index < -0.39 is 22.4 Å². The monoisotopic (exact) mass is 347 g/mol. The number of nitro benzene ring substituents is 1. The maximum Gasteiger partial charge on any atom is 0.336 e. The third kappa shape index (κ3) is 4.02. The maximum absolute atomic E-state index is 13.1. The van der Waals surface area contributed by atoms with Crippen molar-refractivity contribution in [3.8, 4) is 5.75 Å². The van der Waals surface area contributed by atoms with Gasteiger partial charge in [-0.15, -0.1) is 0 Å². The molecule has 0 unspecified atom stereocenters. The van der Waals surface area contributed by atoms with Crippen LogP contribution in [0.1, 0.15) is 6.92 Å². The molecule has 108 valence electrons. The van der Waals surface area contributed by atoms with E-state index in [1.807, 2.05) is 0 Å². The molecule has 20 heavy (non-hydrogen) atoms. The van der Waals surface area contributed by atoms with E-state index in [-0.39, 0.29) is 29.0 Å². The van der Waals surface area contributed by atoms with Gasteiger partial charge in [0.25, 0.3) is 0 Å². The predicted molar refractivity (Wildman–Crippen MR) is 72.0 cm³/mol. The van der Waals surface area contributed by atoms with Crippen LogP contribution in [0, 0.1) is 15.9 Å². The van der Waals surface area contributed by atoms with Crippen LogP contribution in [-0.4, -0.2) is 24.1 Å². The zero-order chi connectivity index (χ0) is 15.3. The van der Waals surface area contributed by atoms with E-state index >= 15 is 0 Å². The van der Waals surface area contributed by atoms with Crippen molar-refractivity contribution in [1.82, 2.24) is 0 Å². The Kier molecular flexibility index (Phi) is 5.63. The van der Waals surface area contributed by atoms with Gasteiger partial charge in [-0.2, -0.15) is 0 Å². The van der Waals surface area contributed by atoms with Crippen molar-refractivity contribution >= 4 is 27.6 Å². The Morgan fingerprint density at radius 1 is 1.55 bits per heavy atom. The average Bonchev–Trinajstić information content (AvgIpc) is 2.36. The molecule has 0 atom stereocenters. The third-order valence-electron chi connectivity index (χ3n) is 2.14. The molecule has 0 saturated carbocycles. The molecule has 1 aromatic rings. The number of esters is 1. The molecule has 0 aliphatic rings. The number of ether oxygens (including phenoxy) is 2. The molecule has 0 heterocycles. The van der Waals surface area contributed by atoms with Crippen LogP contribution in [0.5, 0.6) is 5.75 Å². The van der Waals surface area contributed by atoms with Gasteiger partial charge in [0.05, 0.1) is 27.6 Å². The largest absolute Gasteiger partial charge is 0.481 e. The van der Waals surface area contributed by atoms with Crippen molar-refractivity contribution < 1.29 is 23.6 Å². The summed E-state index contributed by atoms with van der Waals surface area (Å²) in [6.07, 6.45) is 0. The number of nitrogens with zero attached hydrogens (tertiary/aromatic N) is 1. The normalized spacial score (nSPS) is 9.95. The maximum atomic E-state index is 13.1. The Morgan fingerprint density at radius 2 is 2.20 bits per heavy atom. The third-order valence-corrected chi connectivity index (χ3v) is 2.73. The van der Waals surface area contributed by atoms with Crippen molar-refractivity contribution in [2.45, 2.75) is 6.92 Å². The Bertz CT molecular complexity index is 561. The van der Waals surface area contributed by atoms with Crippen LogP contribution in [0.3, 0.4) is 0 Å². The number of hydrogen-bond acceptors (Lipinski definition) is 5. The molecule has 1 rings (SSSR count). The van der Waals surface area contributed by atoms with E-state index in [9.17, 15) is 19.3 Å². The summed E-state index contributed by atoms with van der Waals surface area (Å²) in [6.45, 7) is 4.96. The van der Waals surface area contributed by atoms with E-state index in [1.165, 1.54) is 0 Å². The molecule has 0 bridgehead atoms. The summed E-state index contributed by atoms with van der Waals surface area (Å²) < 4.78 is 23.0. The van der Waals surface area contributed by atoms with Gasteiger partial charge in [-0.25, -0.2) is 9.18 Å². The highest BCUT2D eigenvalue weighted by Gasteiger charge is 2.21. The minimum atomic E-state index is -0.781. The van der Waals surface area contributed by atoms with Crippen LogP contribution in [0.2, 0.25) is 0 Å². The molecule has 0 aliphatic carbocycles. The Labute approximate surface area is 122 Å². The molecule has 0 radical (unpaired) electrons. The molecule has 0 spiro atoms. The molecular weight excluding hydrogens is 337 g/mol. The predicted octanol–water partition coefficient (Wildman–Crippen LogP) is 2.99. The van der Waals surface area contributed by atoms with Gasteiger partial charge in [0.1, 0.15) is 12.4 Å². The van der Waals surface area contributed by atoms with E-state index in [0.29, 0.717) is 0 Å². The molecule has 0 aliphatic heterocycles. The Morgan fingerprint density at radius 3 is 2.75 bits per heavy atom. The first-order chi connectivity index (χ1) is 9.36. The summed E-state index contributed by atoms with van der Waals surface area (Å²) in [7, 11) is 0. The number of carbonyl (C=O) groups is 1. The van der Waals surface area contributed by atoms with Gasteiger partial charge < -0.3 is 9.47 Å². The Hall–Kier alpha value is -1.96. The second-order valence-electron chi connectivity index (χ2n) is 3.61. The lowest BCUT2D eigenvalue weighted by Crippen LogP contribution is -2.13. The van der Waals surface area contributed by atoms with Crippen LogP contribution < -0.4 is 4.74 Å². The highest BCUT2D eigenvalue weighted by atomic mass is 79.9. The first-order valence-electron chi connectivity index (χ1n) is 5.48. The summed E-state index contributed by atoms with van der Waals surface area (Å²) in [5.74, 6) is -1.62. The number of benzene rings is 1. The van der Waals surface area contributed by atoms with Gasteiger partial charge in [0.2, 0.25) is 5.75 Å². The first kappa shape index (κ1) is 16.1. The van der Waals surface area contributed by atoms with E-state index in [1.54, 1.807) is 6.92 Å². The second kappa shape index (κ2) is 6.99. The topological polar surface area (TPSA) is 78.7 Å². The quantitative estimate of drug-likeness (QED) is 0.342. The minimum absolute atomic E-state index is 0.00243. The smallest absolute Gasteiger partial charge is 0.336 e. The number of rotatable bonds is 6. The molecule has 0 N–H and O–H groups in total. The summed E-state index contributed by atoms with van der Waals surface area (Å²) in [6, 6.07) is 1.75. The van der Waals surface area contributed by atoms with Crippen molar-refractivity contribution in [2.75, 3.05) is 13.2 Å². The van der Waals surface area contributed by atoms with E-state index in [2.05, 4.69) is 22.5 Å². The second-order valence-corrected chi connectivity index (χ2v) is 4.46. The highest BCUT2D eigenvalue weighted by Crippen LogP contribution is 2.36. The fraction of sp³-hybridized carbons (Fsp3) is 0.250. The number of halogens is 2. The van der Waals surface area contributed by atoms with Crippen LogP contribution in [0.15, 0.2) is 28.8 Å². The fourth-order valence-corrected chi connectivity index (χ4v) is 1.81. The van der Waals surface area contributed by atoms with E-state index in [4.69, 9.17) is 9.47 Å². The zero-order valence-electron chi connectivity index (χ0n) is 10.5. The summed E-state index contributed by atoms with van der Waals surface area (Å²) >= 11 is 2.97. The van der Waals surface area contributed by atoms with Crippen molar-refractivity contribution in [1.29, 1.82) is 0 Å². The molecule has 6 nitrogen and oxygen atoms in total. The number of hydrogen-bond donors (Lipinski definition) is 0. The molecule has 0 saturated heterocycles. The molecule has 0 aromatic heterocycles. The SMILES string of the molecule is C=C(COc1c(Br)cc(F)cc1[N+](=O)[O-])C(=O)OCC. The van der Waals surface area contributed by atoms with Crippen LogP contribution in [0.4, 0.5) is 10.1 Å². The van der Waals surface area contributed by atoms with Gasteiger partial charge >= 0.3 is 11.7 Å². The zero-order valence-corrected chi connectivity index (χ0v) is 12.1.